The summed E-state index contributed by atoms with van der Waals surface area (Å²) in [4.78, 5) is 4.12. The van der Waals surface area contributed by atoms with Crippen LogP contribution in [0.25, 0.3) is 0 Å². The van der Waals surface area contributed by atoms with Gasteiger partial charge in [-0.25, -0.2) is 0 Å². The van der Waals surface area contributed by atoms with Gasteiger partial charge in [0.1, 0.15) is 18.1 Å². The molecule has 2 N–H and O–H groups in total. The first-order valence-corrected chi connectivity index (χ1v) is 6.51. The SMILES string of the molecule is CCCNC(=NC)NCCOc1cccc(OC)c1. The third-order valence-electron chi connectivity index (χ3n) is 2.47. The minimum atomic E-state index is 0.569. The molecule has 5 heteroatoms. The lowest BCUT2D eigenvalue weighted by atomic mass is 10.3. The molecule has 106 valence electrons. The molecule has 5 nitrogen and oxygen atoms in total. The van der Waals surface area contributed by atoms with Gasteiger partial charge in [-0.2, -0.15) is 0 Å². The van der Waals surface area contributed by atoms with Crippen molar-refractivity contribution in [3.63, 3.8) is 0 Å². The lowest BCUT2D eigenvalue weighted by Crippen LogP contribution is -2.39. The molecule has 1 aromatic rings. The second-order valence-corrected chi connectivity index (χ2v) is 3.95. The molecule has 19 heavy (non-hydrogen) atoms. The Morgan fingerprint density at radius 1 is 1.21 bits per heavy atom. The average Bonchev–Trinajstić information content (AvgIpc) is 2.47. The van der Waals surface area contributed by atoms with E-state index in [1.807, 2.05) is 24.3 Å². The molecule has 0 unspecified atom stereocenters. The van der Waals surface area contributed by atoms with Crippen LogP contribution in [-0.2, 0) is 0 Å². The quantitative estimate of drug-likeness (QED) is 0.447. The second-order valence-electron chi connectivity index (χ2n) is 3.95. The van der Waals surface area contributed by atoms with Gasteiger partial charge in [-0.05, 0) is 18.6 Å². The normalized spacial score (nSPS) is 11.0. The molecule has 0 saturated heterocycles. The van der Waals surface area contributed by atoms with Crippen LogP contribution in [0.5, 0.6) is 11.5 Å². The van der Waals surface area contributed by atoms with E-state index >= 15 is 0 Å². The average molecular weight is 265 g/mol. The molecule has 0 amide bonds. The van der Waals surface area contributed by atoms with Crippen LogP contribution in [0.2, 0.25) is 0 Å². The first kappa shape index (κ1) is 15.1. The van der Waals surface area contributed by atoms with E-state index in [9.17, 15) is 0 Å². The fourth-order valence-electron chi connectivity index (χ4n) is 1.49. The van der Waals surface area contributed by atoms with E-state index in [1.54, 1.807) is 14.2 Å². The summed E-state index contributed by atoms with van der Waals surface area (Å²) in [6.07, 6.45) is 1.07. The molecule has 0 spiro atoms. The van der Waals surface area contributed by atoms with Crippen LogP contribution in [0, 0.1) is 0 Å². The zero-order valence-corrected chi connectivity index (χ0v) is 11.9. The van der Waals surface area contributed by atoms with Crippen LogP contribution < -0.4 is 20.1 Å². The van der Waals surface area contributed by atoms with Gasteiger partial charge in [0.2, 0.25) is 0 Å². The lowest BCUT2D eigenvalue weighted by molar-refractivity contribution is 0.319. The van der Waals surface area contributed by atoms with Crippen molar-refractivity contribution in [2.45, 2.75) is 13.3 Å². The molecule has 0 aromatic heterocycles. The Morgan fingerprint density at radius 3 is 2.63 bits per heavy atom. The monoisotopic (exact) mass is 265 g/mol. The first-order chi connectivity index (χ1) is 9.30. The van der Waals surface area contributed by atoms with Crippen LogP contribution >= 0.6 is 0 Å². The summed E-state index contributed by atoms with van der Waals surface area (Å²) >= 11 is 0. The van der Waals surface area contributed by atoms with E-state index in [2.05, 4.69) is 22.5 Å². The van der Waals surface area contributed by atoms with Gasteiger partial charge in [0.25, 0.3) is 0 Å². The van der Waals surface area contributed by atoms with Gasteiger partial charge in [-0.15, -0.1) is 0 Å². The topological polar surface area (TPSA) is 54.9 Å². The second kappa shape index (κ2) is 9.08. The van der Waals surface area contributed by atoms with Crippen molar-refractivity contribution in [3.8, 4) is 11.5 Å². The van der Waals surface area contributed by atoms with Crippen molar-refractivity contribution in [1.82, 2.24) is 10.6 Å². The molecule has 0 aliphatic heterocycles. The molecule has 0 aliphatic rings. The van der Waals surface area contributed by atoms with Gasteiger partial charge >= 0.3 is 0 Å². The minimum Gasteiger partial charge on any atom is -0.497 e. The first-order valence-electron chi connectivity index (χ1n) is 6.51. The molecule has 0 aliphatic carbocycles. The highest BCUT2D eigenvalue weighted by Gasteiger charge is 1.98. The number of benzene rings is 1. The van der Waals surface area contributed by atoms with Crippen LogP contribution in [-0.4, -0.2) is 39.8 Å². The minimum absolute atomic E-state index is 0.569. The van der Waals surface area contributed by atoms with E-state index in [1.165, 1.54) is 0 Å². The van der Waals surface area contributed by atoms with Crippen molar-refractivity contribution in [2.75, 3.05) is 33.9 Å². The number of hydrogen-bond donors (Lipinski definition) is 2. The van der Waals surface area contributed by atoms with Crippen LogP contribution in [0.4, 0.5) is 0 Å². The van der Waals surface area contributed by atoms with Gasteiger partial charge in [-0.3, -0.25) is 4.99 Å². The molecule has 0 saturated carbocycles. The maximum absolute atomic E-state index is 5.62. The Hall–Kier alpha value is -1.91. The summed E-state index contributed by atoms with van der Waals surface area (Å²) in [7, 11) is 3.40. The third-order valence-corrected chi connectivity index (χ3v) is 2.47. The number of guanidine groups is 1. The number of rotatable bonds is 7. The highest BCUT2D eigenvalue weighted by atomic mass is 16.5. The highest BCUT2D eigenvalue weighted by Crippen LogP contribution is 2.18. The largest absolute Gasteiger partial charge is 0.497 e. The Kier molecular flexibility index (Phi) is 7.24. The summed E-state index contributed by atoms with van der Waals surface area (Å²) in [5.41, 5.74) is 0. The fourth-order valence-corrected chi connectivity index (χ4v) is 1.49. The molecule has 0 atom stereocenters. The van der Waals surface area contributed by atoms with Gasteiger partial charge in [-0.1, -0.05) is 13.0 Å². The van der Waals surface area contributed by atoms with Crippen LogP contribution in [0.15, 0.2) is 29.3 Å². The zero-order chi connectivity index (χ0) is 13.9. The summed E-state index contributed by atoms with van der Waals surface area (Å²) < 4.78 is 10.8. The van der Waals surface area contributed by atoms with Gasteiger partial charge in [0, 0.05) is 19.7 Å². The van der Waals surface area contributed by atoms with E-state index in [4.69, 9.17) is 9.47 Å². The van der Waals surface area contributed by atoms with Crippen molar-refractivity contribution in [2.24, 2.45) is 4.99 Å². The maximum atomic E-state index is 5.62. The fraction of sp³-hybridized carbons (Fsp3) is 0.500. The van der Waals surface area contributed by atoms with Crippen molar-refractivity contribution >= 4 is 5.96 Å². The summed E-state index contributed by atoms with van der Waals surface area (Å²) in [6, 6.07) is 7.57. The molecule has 1 aromatic carbocycles. The van der Waals surface area contributed by atoms with Crippen LogP contribution in [0.1, 0.15) is 13.3 Å². The number of nitrogens with zero attached hydrogens (tertiary/aromatic N) is 1. The Morgan fingerprint density at radius 2 is 1.95 bits per heavy atom. The molecule has 1 rings (SSSR count). The highest BCUT2D eigenvalue weighted by molar-refractivity contribution is 5.79. The van der Waals surface area contributed by atoms with Gasteiger partial charge < -0.3 is 20.1 Å². The molecule has 0 heterocycles. The molecular weight excluding hydrogens is 242 g/mol. The standard InChI is InChI=1S/C14H23N3O2/c1-4-8-16-14(15-2)17-9-10-19-13-7-5-6-12(11-13)18-3/h5-7,11H,4,8-10H2,1-3H3,(H2,15,16,17). The van der Waals surface area contributed by atoms with E-state index in [-0.39, 0.29) is 0 Å². The van der Waals surface area contributed by atoms with E-state index in [0.29, 0.717) is 13.2 Å². The van der Waals surface area contributed by atoms with Gasteiger partial charge in [0.05, 0.1) is 13.7 Å². The number of ether oxygens (including phenoxy) is 2. The van der Waals surface area contributed by atoms with Crippen LogP contribution in [0.3, 0.4) is 0 Å². The molecular formula is C14H23N3O2. The lowest BCUT2D eigenvalue weighted by Gasteiger charge is -2.12. The van der Waals surface area contributed by atoms with Crippen molar-refractivity contribution in [3.05, 3.63) is 24.3 Å². The predicted octanol–water partition coefficient (Wildman–Crippen LogP) is 1.65. The molecule has 0 fully saturated rings. The summed E-state index contributed by atoms with van der Waals surface area (Å²) in [5, 5.41) is 6.39. The third kappa shape index (κ3) is 5.99. The summed E-state index contributed by atoms with van der Waals surface area (Å²) in [6.45, 7) is 4.29. The number of aliphatic imine (C=N–C) groups is 1. The number of hydrogen-bond acceptors (Lipinski definition) is 3. The Balaban J connectivity index is 2.26. The Bertz CT molecular complexity index is 394. The smallest absolute Gasteiger partial charge is 0.191 e. The Labute approximate surface area is 115 Å². The summed E-state index contributed by atoms with van der Waals surface area (Å²) in [5.74, 6) is 2.40. The van der Waals surface area contributed by atoms with E-state index in [0.717, 1.165) is 30.4 Å². The zero-order valence-electron chi connectivity index (χ0n) is 11.9. The van der Waals surface area contributed by atoms with Gasteiger partial charge in [0.15, 0.2) is 5.96 Å². The van der Waals surface area contributed by atoms with Crippen molar-refractivity contribution < 1.29 is 9.47 Å². The molecule has 0 radical (unpaired) electrons. The number of methoxy groups -OCH3 is 1. The maximum Gasteiger partial charge on any atom is 0.191 e. The molecule has 0 bridgehead atoms. The number of nitrogens with one attached hydrogen (secondary N) is 2. The van der Waals surface area contributed by atoms with Crippen molar-refractivity contribution in [1.29, 1.82) is 0 Å². The predicted molar refractivity (Wildman–Crippen MR) is 78.1 cm³/mol. The van der Waals surface area contributed by atoms with E-state index < -0.39 is 0 Å².